The van der Waals surface area contributed by atoms with Crippen LogP contribution in [0.2, 0.25) is 0 Å². The van der Waals surface area contributed by atoms with Gasteiger partial charge in [-0.15, -0.1) is 0 Å². The van der Waals surface area contributed by atoms with Gasteiger partial charge < -0.3 is 15.0 Å². The Balaban J connectivity index is 1.92. The molecule has 1 aromatic heterocycles. The van der Waals surface area contributed by atoms with Gasteiger partial charge in [-0.2, -0.15) is 0 Å². The SMILES string of the molecule is Cn1cccc1CNC(=O)C1CCCC1C(=O)O. The van der Waals surface area contributed by atoms with Crippen LogP contribution in [0.15, 0.2) is 18.3 Å². The van der Waals surface area contributed by atoms with Crippen LogP contribution in [0.3, 0.4) is 0 Å². The summed E-state index contributed by atoms with van der Waals surface area (Å²) in [6, 6.07) is 3.85. The summed E-state index contributed by atoms with van der Waals surface area (Å²) in [6.07, 6.45) is 4.02. The molecule has 1 aromatic rings. The van der Waals surface area contributed by atoms with Crippen LogP contribution in [0.4, 0.5) is 0 Å². The van der Waals surface area contributed by atoms with Crippen molar-refractivity contribution in [3.63, 3.8) is 0 Å². The fourth-order valence-electron chi connectivity index (χ4n) is 2.56. The third kappa shape index (κ3) is 2.55. The molecule has 2 N–H and O–H groups in total. The molecular weight excluding hydrogens is 232 g/mol. The highest BCUT2D eigenvalue weighted by Crippen LogP contribution is 2.32. The first-order valence-corrected chi connectivity index (χ1v) is 6.20. The molecule has 1 amide bonds. The Morgan fingerprint density at radius 3 is 2.78 bits per heavy atom. The number of carbonyl (C=O) groups excluding carboxylic acids is 1. The van der Waals surface area contributed by atoms with Gasteiger partial charge in [0.15, 0.2) is 0 Å². The van der Waals surface area contributed by atoms with Crippen LogP contribution in [-0.4, -0.2) is 21.6 Å². The average Bonchev–Trinajstić information content (AvgIpc) is 2.94. The van der Waals surface area contributed by atoms with Gasteiger partial charge in [-0.25, -0.2) is 0 Å². The van der Waals surface area contributed by atoms with Crippen LogP contribution in [0.25, 0.3) is 0 Å². The quantitative estimate of drug-likeness (QED) is 0.841. The van der Waals surface area contributed by atoms with Crippen molar-refractivity contribution in [3.8, 4) is 0 Å². The Bertz CT molecular complexity index is 453. The second-order valence-electron chi connectivity index (χ2n) is 4.81. The number of carbonyl (C=O) groups is 2. The highest BCUT2D eigenvalue weighted by atomic mass is 16.4. The molecule has 2 atom stereocenters. The van der Waals surface area contributed by atoms with Crippen molar-refractivity contribution in [1.82, 2.24) is 9.88 Å². The average molecular weight is 250 g/mol. The molecule has 98 valence electrons. The van der Waals surface area contributed by atoms with E-state index in [1.165, 1.54) is 0 Å². The van der Waals surface area contributed by atoms with Crippen molar-refractivity contribution in [2.75, 3.05) is 0 Å². The van der Waals surface area contributed by atoms with E-state index in [0.717, 1.165) is 12.1 Å². The zero-order chi connectivity index (χ0) is 13.1. The molecule has 0 saturated heterocycles. The number of carboxylic acid groups (broad SMARTS) is 1. The van der Waals surface area contributed by atoms with Gasteiger partial charge in [0.1, 0.15) is 0 Å². The number of amides is 1. The predicted octanol–water partition coefficient (Wildman–Crippen LogP) is 1.14. The van der Waals surface area contributed by atoms with E-state index < -0.39 is 11.9 Å². The number of rotatable bonds is 4. The lowest BCUT2D eigenvalue weighted by Crippen LogP contribution is -2.35. The van der Waals surface area contributed by atoms with Gasteiger partial charge in [-0.3, -0.25) is 9.59 Å². The topological polar surface area (TPSA) is 71.3 Å². The van der Waals surface area contributed by atoms with E-state index in [-0.39, 0.29) is 11.8 Å². The summed E-state index contributed by atoms with van der Waals surface area (Å²) in [7, 11) is 1.91. The number of carboxylic acids is 1. The summed E-state index contributed by atoms with van der Waals surface area (Å²) in [5.74, 6) is -1.88. The molecule has 2 unspecified atom stereocenters. The zero-order valence-electron chi connectivity index (χ0n) is 10.4. The minimum atomic E-state index is -0.855. The summed E-state index contributed by atoms with van der Waals surface area (Å²) < 4.78 is 1.93. The van der Waals surface area contributed by atoms with E-state index in [4.69, 9.17) is 5.11 Å². The molecule has 18 heavy (non-hydrogen) atoms. The normalized spacial score (nSPS) is 22.9. The maximum Gasteiger partial charge on any atom is 0.307 e. The minimum absolute atomic E-state index is 0.138. The molecule has 1 aliphatic carbocycles. The van der Waals surface area contributed by atoms with E-state index in [0.29, 0.717) is 19.4 Å². The van der Waals surface area contributed by atoms with Gasteiger partial charge in [0.25, 0.3) is 0 Å². The first-order valence-electron chi connectivity index (χ1n) is 6.20. The van der Waals surface area contributed by atoms with Gasteiger partial charge in [-0.1, -0.05) is 6.42 Å². The van der Waals surface area contributed by atoms with Gasteiger partial charge in [0.05, 0.1) is 18.4 Å². The van der Waals surface area contributed by atoms with E-state index in [2.05, 4.69) is 5.32 Å². The van der Waals surface area contributed by atoms with E-state index in [1.807, 2.05) is 29.9 Å². The second-order valence-corrected chi connectivity index (χ2v) is 4.81. The molecular formula is C13H18N2O3. The minimum Gasteiger partial charge on any atom is -0.481 e. The van der Waals surface area contributed by atoms with Crippen molar-refractivity contribution in [2.24, 2.45) is 18.9 Å². The molecule has 1 aliphatic rings. The molecule has 1 heterocycles. The highest BCUT2D eigenvalue weighted by Gasteiger charge is 2.37. The molecule has 2 rings (SSSR count). The molecule has 0 aromatic carbocycles. The standard InChI is InChI=1S/C13H18N2O3/c1-15-7-3-4-9(15)8-14-12(16)10-5-2-6-11(10)13(17)18/h3-4,7,10-11H,2,5-6,8H2,1H3,(H,14,16)(H,17,18). The number of aliphatic carboxylic acids is 1. The monoisotopic (exact) mass is 250 g/mol. The highest BCUT2D eigenvalue weighted by molar-refractivity contribution is 5.85. The number of aryl methyl sites for hydroxylation is 1. The van der Waals surface area contributed by atoms with Crippen LogP contribution in [0.1, 0.15) is 25.0 Å². The van der Waals surface area contributed by atoms with Gasteiger partial charge in [0, 0.05) is 18.9 Å². The lowest BCUT2D eigenvalue weighted by molar-refractivity contribution is -0.146. The molecule has 0 aliphatic heterocycles. The van der Waals surface area contributed by atoms with Gasteiger partial charge in [-0.05, 0) is 25.0 Å². The van der Waals surface area contributed by atoms with Crippen LogP contribution in [0.5, 0.6) is 0 Å². The fraction of sp³-hybridized carbons (Fsp3) is 0.538. The maximum atomic E-state index is 12.0. The lowest BCUT2D eigenvalue weighted by atomic mass is 9.95. The number of aromatic nitrogens is 1. The first-order chi connectivity index (χ1) is 8.59. The van der Waals surface area contributed by atoms with Crippen LogP contribution >= 0.6 is 0 Å². The summed E-state index contributed by atoms with van der Waals surface area (Å²) in [5, 5.41) is 11.9. The zero-order valence-corrected chi connectivity index (χ0v) is 10.4. The Hall–Kier alpha value is -1.78. The smallest absolute Gasteiger partial charge is 0.307 e. The maximum absolute atomic E-state index is 12.0. The molecule has 5 heteroatoms. The molecule has 1 fully saturated rings. The summed E-state index contributed by atoms with van der Waals surface area (Å²) in [6.45, 7) is 0.450. The van der Waals surface area contributed by atoms with Crippen molar-refractivity contribution in [3.05, 3.63) is 24.0 Å². The third-order valence-corrected chi connectivity index (χ3v) is 3.66. The Labute approximate surface area is 106 Å². The summed E-state index contributed by atoms with van der Waals surface area (Å²) >= 11 is 0. The Morgan fingerprint density at radius 2 is 2.17 bits per heavy atom. The number of nitrogens with zero attached hydrogens (tertiary/aromatic N) is 1. The summed E-state index contributed by atoms with van der Waals surface area (Å²) in [5.41, 5.74) is 1.01. The molecule has 0 radical (unpaired) electrons. The Kier molecular flexibility index (Phi) is 3.69. The molecule has 0 bridgehead atoms. The second kappa shape index (κ2) is 5.25. The van der Waals surface area contributed by atoms with Gasteiger partial charge in [0.2, 0.25) is 5.91 Å². The third-order valence-electron chi connectivity index (χ3n) is 3.66. The molecule has 5 nitrogen and oxygen atoms in total. The predicted molar refractivity (Wildman–Crippen MR) is 65.7 cm³/mol. The summed E-state index contributed by atoms with van der Waals surface area (Å²) in [4.78, 5) is 23.0. The largest absolute Gasteiger partial charge is 0.481 e. The first kappa shape index (κ1) is 12.7. The lowest BCUT2D eigenvalue weighted by Gasteiger charge is -2.15. The molecule has 0 spiro atoms. The van der Waals surface area contributed by atoms with Crippen molar-refractivity contribution in [1.29, 1.82) is 0 Å². The van der Waals surface area contributed by atoms with E-state index in [1.54, 1.807) is 0 Å². The van der Waals surface area contributed by atoms with E-state index >= 15 is 0 Å². The van der Waals surface area contributed by atoms with Crippen LogP contribution in [-0.2, 0) is 23.2 Å². The van der Waals surface area contributed by atoms with Crippen molar-refractivity contribution in [2.45, 2.75) is 25.8 Å². The van der Waals surface area contributed by atoms with Crippen molar-refractivity contribution >= 4 is 11.9 Å². The van der Waals surface area contributed by atoms with Gasteiger partial charge >= 0.3 is 5.97 Å². The molecule has 1 saturated carbocycles. The van der Waals surface area contributed by atoms with Crippen molar-refractivity contribution < 1.29 is 14.7 Å². The number of hydrogen-bond acceptors (Lipinski definition) is 2. The van der Waals surface area contributed by atoms with Crippen LogP contribution in [0, 0.1) is 11.8 Å². The van der Waals surface area contributed by atoms with Crippen LogP contribution < -0.4 is 5.32 Å². The Morgan fingerprint density at radius 1 is 1.44 bits per heavy atom. The fourth-order valence-corrected chi connectivity index (χ4v) is 2.56. The van der Waals surface area contributed by atoms with E-state index in [9.17, 15) is 9.59 Å². The number of hydrogen-bond donors (Lipinski definition) is 2. The number of nitrogens with one attached hydrogen (secondary N) is 1.